The van der Waals surface area contributed by atoms with Crippen molar-refractivity contribution in [2.24, 2.45) is 0 Å². The number of methoxy groups -OCH3 is 1. The minimum Gasteiger partial charge on any atom is -0.377 e. The summed E-state index contributed by atoms with van der Waals surface area (Å²) in [5.74, 6) is 0. The summed E-state index contributed by atoms with van der Waals surface area (Å²) >= 11 is 7.49. The fraction of sp³-hybridized carbons (Fsp3) is 0.600. The highest BCUT2D eigenvalue weighted by atomic mass is 35.5. The molecule has 0 radical (unpaired) electrons. The fourth-order valence-electron chi connectivity index (χ4n) is 1.01. The van der Waals surface area contributed by atoms with E-state index in [2.05, 4.69) is 19.2 Å². The van der Waals surface area contributed by atoms with Crippen LogP contribution in [0.1, 0.15) is 18.7 Å². The molecule has 1 N–H and O–H groups in total. The molecule has 80 valence electrons. The van der Waals surface area contributed by atoms with Gasteiger partial charge in [0, 0.05) is 30.5 Å². The third kappa shape index (κ3) is 3.96. The molecule has 1 aromatic heterocycles. The first-order valence-corrected chi connectivity index (χ1v) is 5.78. The van der Waals surface area contributed by atoms with E-state index in [0.29, 0.717) is 0 Å². The van der Waals surface area contributed by atoms with E-state index in [9.17, 15) is 0 Å². The van der Waals surface area contributed by atoms with Crippen LogP contribution < -0.4 is 5.32 Å². The van der Waals surface area contributed by atoms with Crippen LogP contribution in [0.15, 0.2) is 11.4 Å². The summed E-state index contributed by atoms with van der Waals surface area (Å²) in [5, 5.41) is 6.09. The Kier molecular flexibility index (Phi) is 4.38. The van der Waals surface area contributed by atoms with Gasteiger partial charge in [-0.3, -0.25) is 0 Å². The molecule has 1 heterocycles. The number of hydrogen-bond donors (Lipinski definition) is 1. The lowest BCUT2D eigenvalue weighted by Crippen LogP contribution is -2.36. The Balaban J connectivity index is 2.28. The summed E-state index contributed by atoms with van der Waals surface area (Å²) in [6.07, 6.45) is 0. The zero-order chi connectivity index (χ0) is 10.6. The van der Waals surface area contributed by atoms with Gasteiger partial charge in [0.25, 0.3) is 0 Å². The highest BCUT2D eigenvalue weighted by Crippen LogP contribution is 2.18. The minimum absolute atomic E-state index is 0.110. The van der Waals surface area contributed by atoms with Crippen LogP contribution in [0, 0.1) is 0 Å². The Labute approximate surface area is 94.2 Å². The molecule has 0 bridgehead atoms. The first-order chi connectivity index (χ1) is 6.53. The van der Waals surface area contributed by atoms with Crippen molar-refractivity contribution in [1.29, 1.82) is 0 Å². The molecule has 0 aliphatic heterocycles. The van der Waals surface area contributed by atoms with Gasteiger partial charge in [-0.15, -0.1) is 11.3 Å². The zero-order valence-corrected chi connectivity index (χ0v) is 10.3. The maximum atomic E-state index is 5.81. The van der Waals surface area contributed by atoms with Crippen molar-refractivity contribution in [3.8, 4) is 0 Å². The van der Waals surface area contributed by atoms with Crippen molar-refractivity contribution >= 4 is 22.9 Å². The van der Waals surface area contributed by atoms with Gasteiger partial charge in [-0.1, -0.05) is 11.6 Å². The van der Waals surface area contributed by atoms with Crippen LogP contribution in [-0.4, -0.2) is 19.3 Å². The normalized spacial score (nSPS) is 12.0. The molecule has 1 aromatic rings. The number of rotatable bonds is 5. The second-order valence-corrected chi connectivity index (χ2v) is 5.23. The predicted octanol–water partition coefficient (Wildman–Crippen LogP) is 2.92. The third-order valence-electron chi connectivity index (χ3n) is 2.02. The van der Waals surface area contributed by atoms with Crippen molar-refractivity contribution in [3.05, 3.63) is 21.3 Å². The molecule has 0 spiro atoms. The van der Waals surface area contributed by atoms with E-state index in [-0.39, 0.29) is 5.60 Å². The van der Waals surface area contributed by atoms with E-state index < -0.39 is 0 Å². The van der Waals surface area contributed by atoms with Gasteiger partial charge in [-0.2, -0.15) is 0 Å². The van der Waals surface area contributed by atoms with Gasteiger partial charge in [0.15, 0.2) is 0 Å². The molecule has 2 nitrogen and oxygen atoms in total. The highest BCUT2D eigenvalue weighted by molar-refractivity contribution is 7.10. The van der Waals surface area contributed by atoms with Gasteiger partial charge in [0.05, 0.1) is 10.6 Å². The number of thiophene rings is 1. The highest BCUT2D eigenvalue weighted by Gasteiger charge is 2.15. The SMILES string of the molecule is COC(C)(C)CNCc1cc(Cl)cs1. The molecule has 0 aliphatic carbocycles. The molecule has 0 saturated carbocycles. The van der Waals surface area contributed by atoms with E-state index >= 15 is 0 Å². The Hall–Kier alpha value is -0.0900. The molecule has 1 rings (SSSR count). The Morgan fingerprint density at radius 1 is 1.57 bits per heavy atom. The zero-order valence-electron chi connectivity index (χ0n) is 8.76. The van der Waals surface area contributed by atoms with Gasteiger partial charge in [0.2, 0.25) is 0 Å². The predicted molar refractivity (Wildman–Crippen MR) is 62.1 cm³/mol. The minimum atomic E-state index is -0.110. The second kappa shape index (κ2) is 5.12. The van der Waals surface area contributed by atoms with E-state index in [4.69, 9.17) is 16.3 Å². The number of halogens is 1. The summed E-state index contributed by atoms with van der Waals surface area (Å²) in [6, 6.07) is 1.99. The molecule has 0 saturated heterocycles. The van der Waals surface area contributed by atoms with Crippen LogP contribution in [0.25, 0.3) is 0 Å². The number of hydrogen-bond acceptors (Lipinski definition) is 3. The van der Waals surface area contributed by atoms with E-state index in [1.54, 1.807) is 18.4 Å². The van der Waals surface area contributed by atoms with Gasteiger partial charge in [-0.25, -0.2) is 0 Å². The largest absolute Gasteiger partial charge is 0.377 e. The van der Waals surface area contributed by atoms with E-state index in [0.717, 1.165) is 18.1 Å². The van der Waals surface area contributed by atoms with Crippen LogP contribution in [0.4, 0.5) is 0 Å². The standard InChI is InChI=1S/C10H16ClNOS/c1-10(2,13-3)7-12-5-9-4-8(11)6-14-9/h4,6,12H,5,7H2,1-3H3. The van der Waals surface area contributed by atoms with Crippen molar-refractivity contribution in [2.75, 3.05) is 13.7 Å². The van der Waals surface area contributed by atoms with Gasteiger partial charge < -0.3 is 10.1 Å². The average molecular weight is 234 g/mol. The van der Waals surface area contributed by atoms with Crippen LogP contribution in [0.3, 0.4) is 0 Å². The summed E-state index contributed by atoms with van der Waals surface area (Å²) in [7, 11) is 1.73. The Morgan fingerprint density at radius 3 is 2.79 bits per heavy atom. The molecule has 0 fully saturated rings. The quantitative estimate of drug-likeness (QED) is 0.845. The number of nitrogens with one attached hydrogen (secondary N) is 1. The lowest BCUT2D eigenvalue weighted by atomic mass is 10.1. The molecule has 0 aromatic carbocycles. The Morgan fingerprint density at radius 2 is 2.29 bits per heavy atom. The topological polar surface area (TPSA) is 21.3 Å². The molecule has 0 atom stereocenters. The maximum absolute atomic E-state index is 5.81. The van der Waals surface area contributed by atoms with Gasteiger partial charge >= 0.3 is 0 Å². The molecule has 0 amide bonds. The summed E-state index contributed by atoms with van der Waals surface area (Å²) in [4.78, 5) is 1.25. The van der Waals surface area contributed by atoms with Crippen molar-refractivity contribution in [1.82, 2.24) is 5.32 Å². The van der Waals surface area contributed by atoms with Crippen LogP contribution >= 0.6 is 22.9 Å². The lowest BCUT2D eigenvalue weighted by molar-refractivity contribution is 0.0231. The maximum Gasteiger partial charge on any atom is 0.0746 e. The monoisotopic (exact) mass is 233 g/mol. The van der Waals surface area contributed by atoms with Crippen molar-refractivity contribution in [2.45, 2.75) is 26.0 Å². The Bertz CT molecular complexity index is 285. The molecule has 0 aliphatic rings. The molecular formula is C10H16ClNOS. The molecule has 0 unspecified atom stereocenters. The van der Waals surface area contributed by atoms with Crippen LogP contribution in [0.2, 0.25) is 5.02 Å². The van der Waals surface area contributed by atoms with Crippen molar-refractivity contribution < 1.29 is 4.74 Å². The fourth-order valence-corrected chi connectivity index (χ4v) is 2.05. The van der Waals surface area contributed by atoms with Gasteiger partial charge in [-0.05, 0) is 19.9 Å². The first-order valence-electron chi connectivity index (χ1n) is 4.52. The second-order valence-electron chi connectivity index (χ2n) is 3.80. The van der Waals surface area contributed by atoms with Gasteiger partial charge in [0.1, 0.15) is 0 Å². The first kappa shape index (κ1) is 12.0. The molecular weight excluding hydrogens is 218 g/mol. The summed E-state index contributed by atoms with van der Waals surface area (Å²) < 4.78 is 5.30. The van der Waals surface area contributed by atoms with Crippen LogP contribution in [0.5, 0.6) is 0 Å². The molecule has 14 heavy (non-hydrogen) atoms. The smallest absolute Gasteiger partial charge is 0.0746 e. The average Bonchev–Trinajstić information content (AvgIpc) is 2.51. The molecule has 4 heteroatoms. The summed E-state index contributed by atoms with van der Waals surface area (Å²) in [5.41, 5.74) is -0.110. The van der Waals surface area contributed by atoms with E-state index in [1.807, 2.05) is 11.4 Å². The number of ether oxygens (including phenoxy) is 1. The summed E-state index contributed by atoms with van der Waals surface area (Å²) in [6.45, 7) is 5.80. The van der Waals surface area contributed by atoms with E-state index in [1.165, 1.54) is 4.88 Å². The van der Waals surface area contributed by atoms with Crippen molar-refractivity contribution in [3.63, 3.8) is 0 Å². The third-order valence-corrected chi connectivity index (χ3v) is 3.31. The lowest BCUT2D eigenvalue weighted by Gasteiger charge is -2.22. The van der Waals surface area contributed by atoms with Crippen LogP contribution in [-0.2, 0) is 11.3 Å².